The Bertz CT molecular complexity index is 555. The van der Waals surface area contributed by atoms with Gasteiger partial charge >= 0.3 is 0 Å². The van der Waals surface area contributed by atoms with Gasteiger partial charge in [0.15, 0.2) is 17.5 Å². The Balaban J connectivity index is 0.00000625. The topological polar surface area (TPSA) is 73.3 Å². The standard InChI is InChI=1S/C18H31N3O4.HI/c1-7-19-18(21-13(2)12-22-3)20-11-10-14-8-9-15(23-4)17(25-6)16(14)24-5;/h8-9,13H,7,10-12H2,1-6H3,(H2,19,20,21);1H. The van der Waals surface area contributed by atoms with Gasteiger partial charge in [0.1, 0.15) is 0 Å². The van der Waals surface area contributed by atoms with Gasteiger partial charge in [0.25, 0.3) is 0 Å². The number of rotatable bonds is 10. The van der Waals surface area contributed by atoms with Gasteiger partial charge in [-0.15, -0.1) is 24.0 Å². The lowest BCUT2D eigenvalue weighted by molar-refractivity contribution is 0.179. The smallest absolute Gasteiger partial charge is 0.203 e. The van der Waals surface area contributed by atoms with Gasteiger partial charge < -0.3 is 29.6 Å². The molecular formula is C18H32IN3O4. The molecule has 0 fully saturated rings. The van der Waals surface area contributed by atoms with Crippen LogP contribution in [0, 0.1) is 0 Å². The largest absolute Gasteiger partial charge is 0.493 e. The number of ether oxygens (including phenoxy) is 4. The molecular weight excluding hydrogens is 449 g/mol. The summed E-state index contributed by atoms with van der Waals surface area (Å²) in [7, 11) is 6.52. The molecule has 8 heteroatoms. The van der Waals surface area contributed by atoms with E-state index in [-0.39, 0.29) is 30.0 Å². The molecule has 0 aliphatic rings. The molecule has 0 aromatic heterocycles. The summed E-state index contributed by atoms with van der Waals surface area (Å²) in [5.41, 5.74) is 1.02. The van der Waals surface area contributed by atoms with Crippen molar-refractivity contribution in [2.24, 2.45) is 4.99 Å². The van der Waals surface area contributed by atoms with E-state index in [4.69, 9.17) is 18.9 Å². The Hall–Kier alpha value is -1.42. The minimum atomic E-state index is 0. The molecule has 0 heterocycles. The van der Waals surface area contributed by atoms with Crippen LogP contribution in [0.1, 0.15) is 19.4 Å². The van der Waals surface area contributed by atoms with E-state index in [0.29, 0.717) is 30.4 Å². The first-order valence-corrected chi connectivity index (χ1v) is 8.42. The van der Waals surface area contributed by atoms with Gasteiger partial charge in [0.2, 0.25) is 5.75 Å². The Morgan fingerprint density at radius 3 is 2.31 bits per heavy atom. The second-order valence-corrected chi connectivity index (χ2v) is 5.50. The number of nitrogens with one attached hydrogen (secondary N) is 2. The lowest BCUT2D eigenvalue weighted by atomic mass is 10.1. The average molecular weight is 481 g/mol. The van der Waals surface area contributed by atoms with Crippen molar-refractivity contribution < 1.29 is 18.9 Å². The van der Waals surface area contributed by atoms with Crippen LogP contribution in [0.15, 0.2) is 17.1 Å². The first-order chi connectivity index (χ1) is 12.1. The fourth-order valence-corrected chi connectivity index (χ4v) is 2.49. The zero-order valence-corrected chi connectivity index (χ0v) is 18.9. The fraction of sp³-hybridized carbons (Fsp3) is 0.611. The summed E-state index contributed by atoms with van der Waals surface area (Å²) in [6.45, 7) is 6.11. The van der Waals surface area contributed by atoms with E-state index in [2.05, 4.69) is 15.6 Å². The summed E-state index contributed by atoms with van der Waals surface area (Å²) in [4.78, 5) is 4.62. The predicted octanol–water partition coefficient (Wildman–Crippen LogP) is 2.46. The first-order valence-electron chi connectivity index (χ1n) is 8.42. The van der Waals surface area contributed by atoms with Crippen molar-refractivity contribution in [1.82, 2.24) is 10.6 Å². The lowest BCUT2D eigenvalue weighted by Crippen LogP contribution is -2.44. The highest BCUT2D eigenvalue weighted by Gasteiger charge is 2.15. The summed E-state index contributed by atoms with van der Waals surface area (Å²) >= 11 is 0. The number of nitrogens with zero attached hydrogens (tertiary/aromatic N) is 1. The molecule has 26 heavy (non-hydrogen) atoms. The third kappa shape index (κ3) is 7.45. The van der Waals surface area contributed by atoms with Crippen LogP contribution in [0.5, 0.6) is 17.2 Å². The monoisotopic (exact) mass is 481 g/mol. The van der Waals surface area contributed by atoms with Crippen LogP contribution in [0.3, 0.4) is 0 Å². The van der Waals surface area contributed by atoms with Crippen LogP contribution in [0.25, 0.3) is 0 Å². The van der Waals surface area contributed by atoms with E-state index >= 15 is 0 Å². The highest BCUT2D eigenvalue weighted by atomic mass is 127. The van der Waals surface area contributed by atoms with Crippen LogP contribution in [0.2, 0.25) is 0 Å². The van der Waals surface area contributed by atoms with Crippen molar-refractivity contribution in [3.05, 3.63) is 17.7 Å². The van der Waals surface area contributed by atoms with Crippen LogP contribution in [-0.2, 0) is 11.2 Å². The molecule has 7 nitrogen and oxygen atoms in total. The quantitative estimate of drug-likeness (QED) is 0.304. The van der Waals surface area contributed by atoms with Gasteiger partial charge in [-0.25, -0.2) is 0 Å². The Labute approximate surface area is 173 Å². The van der Waals surface area contributed by atoms with Crippen LogP contribution >= 0.6 is 24.0 Å². The normalized spacial score (nSPS) is 12.0. The maximum atomic E-state index is 5.51. The maximum absolute atomic E-state index is 5.51. The number of aliphatic imine (C=N–C) groups is 1. The molecule has 1 unspecified atom stereocenters. The fourth-order valence-electron chi connectivity index (χ4n) is 2.49. The molecule has 1 rings (SSSR count). The summed E-state index contributed by atoms with van der Waals surface area (Å²) in [6.07, 6.45) is 0.721. The van der Waals surface area contributed by atoms with Crippen LogP contribution < -0.4 is 24.8 Å². The zero-order chi connectivity index (χ0) is 18.7. The second-order valence-electron chi connectivity index (χ2n) is 5.50. The van der Waals surface area contributed by atoms with E-state index in [1.165, 1.54) is 0 Å². The molecule has 1 atom stereocenters. The lowest BCUT2D eigenvalue weighted by Gasteiger charge is -2.17. The van der Waals surface area contributed by atoms with Gasteiger partial charge in [-0.3, -0.25) is 4.99 Å². The Morgan fingerprint density at radius 2 is 1.77 bits per heavy atom. The van der Waals surface area contributed by atoms with E-state index in [0.717, 1.165) is 24.5 Å². The number of halogens is 1. The molecule has 0 saturated heterocycles. The van der Waals surface area contributed by atoms with Crippen molar-refractivity contribution in [2.75, 3.05) is 48.1 Å². The summed E-state index contributed by atoms with van der Waals surface area (Å²) < 4.78 is 21.4. The number of methoxy groups -OCH3 is 4. The molecule has 1 aromatic carbocycles. The van der Waals surface area contributed by atoms with Crippen LogP contribution in [0.4, 0.5) is 0 Å². The van der Waals surface area contributed by atoms with E-state index in [9.17, 15) is 0 Å². The van der Waals surface area contributed by atoms with Crippen LogP contribution in [-0.4, -0.2) is 60.1 Å². The third-order valence-corrected chi connectivity index (χ3v) is 3.58. The molecule has 0 bridgehead atoms. The van der Waals surface area contributed by atoms with Gasteiger partial charge in [-0.05, 0) is 26.3 Å². The van der Waals surface area contributed by atoms with Crippen molar-refractivity contribution in [3.63, 3.8) is 0 Å². The molecule has 0 aliphatic heterocycles. The number of hydrogen-bond donors (Lipinski definition) is 2. The SMILES string of the molecule is CCNC(=NCCc1ccc(OC)c(OC)c1OC)NC(C)COC.I. The van der Waals surface area contributed by atoms with Crippen molar-refractivity contribution >= 4 is 29.9 Å². The van der Waals surface area contributed by atoms with Gasteiger partial charge in [-0.1, -0.05) is 6.07 Å². The molecule has 1 aromatic rings. The summed E-state index contributed by atoms with van der Waals surface area (Å²) in [6, 6.07) is 4.03. The van der Waals surface area contributed by atoms with Crippen molar-refractivity contribution in [3.8, 4) is 17.2 Å². The molecule has 0 saturated carbocycles. The molecule has 0 radical (unpaired) electrons. The number of benzene rings is 1. The second kappa shape index (κ2) is 13.7. The Kier molecular flexibility index (Phi) is 13.0. The van der Waals surface area contributed by atoms with Crippen molar-refractivity contribution in [1.29, 1.82) is 0 Å². The maximum Gasteiger partial charge on any atom is 0.203 e. The van der Waals surface area contributed by atoms with Gasteiger partial charge in [0.05, 0.1) is 27.9 Å². The average Bonchev–Trinajstić information content (AvgIpc) is 2.61. The molecule has 0 spiro atoms. The Morgan fingerprint density at radius 1 is 1.08 bits per heavy atom. The highest BCUT2D eigenvalue weighted by molar-refractivity contribution is 14.0. The van der Waals surface area contributed by atoms with Gasteiger partial charge in [0, 0.05) is 31.8 Å². The minimum absolute atomic E-state index is 0. The first kappa shape index (κ1) is 24.6. The van der Waals surface area contributed by atoms with E-state index in [1.807, 2.05) is 26.0 Å². The van der Waals surface area contributed by atoms with Crippen molar-refractivity contribution in [2.45, 2.75) is 26.3 Å². The highest BCUT2D eigenvalue weighted by Crippen LogP contribution is 2.39. The summed E-state index contributed by atoms with van der Waals surface area (Å²) in [5, 5.41) is 6.55. The van der Waals surface area contributed by atoms with E-state index in [1.54, 1.807) is 28.4 Å². The molecule has 0 amide bonds. The molecule has 2 N–H and O–H groups in total. The number of hydrogen-bond acceptors (Lipinski definition) is 5. The molecule has 0 aliphatic carbocycles. The minimum Gasteiger partial charge on any atom is -0.493 e. The zero-order valence-electron chi connectivity index (χ0n) is 16.5. The van der Waals surface area contributed by atoms with Gasteiger partial charge in [-0.2, -0.15) is 0 Å². The predicted molar refractivity (Wildman–Crippen MR) is 116 cm³/mol. The number of guanidine groups is 1. The third-order valence-electron chi connectivity index (χ3n) is 3.58. The van der Waals surface area contributed by atoms with E-state index < -0.39 is 0 Å². The molecule has 150 valence electrons. The summed E-state index contributed by atoms with van der Waals surface area (Å²) in [5.74, 6) is 2.70.